The lowest BCUT2D eigenvalue weighted by Gasteiger charge is -2.11. The molecule has 1 heterocycles. The molecule has 0 spiro atoms. The van der Waals surface area contributed by atoms with Crippen LogP contribution in [0.1, 0.15) is 16.8 Å². The number of carbonyl (C=O) groups is 2. The van der Waals surface area contributed by atoms with Crippen LogP contribution >= 0.6 is 0 Å². The second-order valence-electron chi connectivity index (χ2n) is 7.31. The first-order chi connectivity index (χ1) is 15.5. The molecule has 0 saturated carbocycles. The molecule has 0 aliphatic carbocycles. The number of benzene rings is 3. The van der Waals surface area contributed by atoms with Gasteiger partial charge in [-0.05, 0) is 59.7 Å². The lowest BCUT2D eigenvalue weighted by molar-refractivity contribution is -0.139. The second-order valence-corrected chi connectivity index (χ2v) is 7.31. The first kappa shape index (κ1) is 21.2. The predicted molar refractivity (Wildman–Crippen MR) is 119 cm³/mol. The molecule has 0 aromatic heterocycles. The second kappa shape index (κ2) is 9.39. The first-order valence-corrected chi connectivity index (χ1v) is 10.1. The Balaban J connectivity index is 1.32. The highest BCUT2D eigenvalue weighted by molar-refractivity contribution is 5.91. The molecule has 0 N–H and O–H groups in total. The number of ether oxygens (including phenoxy) is 4. The van der Waals surface area contributed by atoms with E-state index in [0.717, 1.165) is 16.9 Å². The van der Waals surface area contributed by atoms with E-state index in [2.05, 4.69) is 6.58 Å². The van der Waals surface area contributed by atoms with Gasteiger partial charge in [-0.2, -0.15) is 0 Å². The van der Waals surface area contributed by atoms with Gasteiger partial charge in [0.05, 0.1) is 12.7 Å². The predicted octanol–water partition coefficient (Wildman–Crippen LogP) is 4.83. The Morgan fingerprint density at radius 2 is 1.47 bits per heavy atom. The van der Waals surface area contributed by atoms with E-state index < -0.39 is 5.97 Å². The molecule has 1 atom stereocenters. The number of esters is 2. The average Bonchev–Trinajstić information content (AvgIpc) is 3.15. The van der Waals surface area contributed by atoms with E-state index in [9.17, 15) is 9.59 Å². The van der Waals surface area contributed by atoms with Crippen LogP contribution in [0, 0.1) is 0 Å². The van der Waals surface area contributed by atoms with E-state index in [0.29, 0.717) is 29.1 Å². The average molecular weight is 430 g/mol. The van der Waals surface area contributed by atoms with Gasteiger partial charge in [0, 0.05) is 12.0 Å². The van der Waals surface area contributed by atoms with Gasteiger partial charge in [-0.25, -0.2) is 9.59 Å². The first-order valence-electron chi connectivity index (χ1n) is 10.1. The number of hydrogen-bond donors (Lipinski definition) is 0. The fraction of sp³-hybridized carbons (Fsp3) is 0.154. The molecule has 1 aliphatic rings. The summed E-state index contributed by atoms with van der Waals surface area (Å²) >= 11 is 0. The van der Waals surface area contributed by atoms with Crippen LogP contribution in [0.15, 0.2) is 84.9 Å². The van der Waals surface area contributed by atoms with Crippen LogP contribution < -0.4 is 14.2 Å². The molecule has 4 rings (SSSR count). The Morgan fingerprint density at radius 3 is 2.00 bits per heavy atom. The van der Waals surface area contributed by atoms with Crippen LogP contribution in [0.2, 0.25) is 0 Å². The van der Waals surface area contributed by atoms with E-state index in [1.165, 1.54) is 0 Å². The molecule has 0 bridgehead atoms. The van der Waals surface area contributed by atoms with Crippen molar-refractivity contribution >= 4 is 11.9 Å². The molecule has 0 amide bonds. The third-order valence-corrected chi connectivity index (χ3v) is 5.05. The van der Waals surface area contributed by atoms with Crippen molar-refractivity contribution in [3.63, 3.8) is 0 Å². The van der Waals surface area contributed by atoms with E-state index >= 15 is 0 Å². The van der Waals surface area contributed by atoms with Gasteiger partial charge in [-0.1, -0.05) is 30.8 Å². The lowest BCUT2D eigenvalue weighted by atomic mass is 10.1. The number of rotatable bonds is 7. The Hall–Kier alpha value is -4.06. The molecular weight excluding hydrogens is 408 g/mol. The number of cyclic esters (lactones) is 1. The van der Waals surface area contributed by atoms with Gasteiger partial charge in [0.15, 0.2) is 0 Å². The maximum atomic E-state index is 12.4. The molecule has 6 nitrogen and oxygen atoms in total. The summed E-state index contributed by atoms with van der Waals surface area (Å²) in [5.41, 5.74) is 2.90. The van der Waals surface area contributed by atoms with Gasteiger partial charge in [-0.15, -0.1) is 0 Å². The molecule has 0 radical (unpaired) electrons. The minimum atomic E-state index is -0.463. The Morgan fingerprint density at radius 1 is 0.906 bits per heavy atom. The van der Waals surface area contributed by atoms with Gasteiger partial charge in [0.1, 0.15) is 30.0 Å². The summed E-state index contributed by atoms with van der Waals surface area (Å²) in [5.74, 6) is 0.974. The monoisotopic (exact) mass is 430 g/mol. The van der Waals surface area contributed by atoms with Crippen molar-refractivity contribution in [2.45, 2.75) is 12.5 Å². The van der Waals surface area contributed by atoms with Crippen molar-refractivity contribution in [2.75, 3.05) is 13.7 Å². The fourth-order valence-electron chi connectivity index (χ4n) is 3.27. The minimum absolute atomic E-state index is 0.231. The zero-order valence-electron chi connectivity index (χ0n) is 17.6. The Labute approximate surface area is 186 Å². The zero-order valence-corrected chi connectivity index (χ0v) is 17.6. The van der Waals surface area contributed by atoms with Gasteiger partial charge in [0.25, 0.3) is 0 Å². The van der Waals surface area contributed by atoms with Crippen LogP contribution in [0.3, 0.4) is 0 Å². The summed E-state index contributed by atoms with van der Waals surface area (Å²) in [6, 6.07) is 21.6. The third kappa shape index (κ3) is 4.98. The summed E-state index contributed by atoms with van der Waals surface area (Å²) < 4.78 is 21.4. The van der Waals surface area contributed by atoms with Crippen LogP contribution in [0.25, 0.3) is 11.1 Å². The minimum Gasteiger partial charge on any atom is -0.497 e. The zero-order chi connectivity index (χ0) is 22.5. The SMILES string of the molecule is C=C1CC(COc2ccc(C(=O)Oc3ccc(-c4ccc(OC)cc4)cc3)cc2)OC1=O. The number of hydrogen-bond acceptors (Lipinski definition) is 6. The van der Waals surface area contributed by atoms with Gasteiger partial charge in [0.2, 0.25) is 0 Å². The molecule has 6 heteroatoms. The Kier molecular flexibility index (Phi) is 6.22. The third-order valence-electron chi connectivity index (χ3n) is 5.05. The number of methoxy groups -OCH3 is 1. The van der Waals surface area contributed by atoms with E-state index in [1.54, 1.807) is 43.5 Å². The van der Waals surface area contributed by atoms with Crippen molar-refractivity contribution in [3.05, 3.63) is 90.5 Å². The molecule has 3 aromatic carbocycles. The van der Waals surface area contributed by atoms with Gasteiger partial charge < -0.3 is 18.9 Å². The largest absolute Gasteiger partial charge is 0.497 e. The highest BCUT2D eigenvalue weighted by Gasteiger charge is 2.27. The maximum absolute atomic E-state index is 12.4. The summed E-state index contributed by atoms with van der Waals surface area (Å²) in [7, 11) is 1.63. The molecule has 1 fully saturated rings. The summed E-state index contributed by atoms with van der Waals surface area (Å²) in [6.45, 7) is 3.88. The van der Waals surface area contributed by atoms with Crippen molar-refractivity contribution in [3.8, 4) is 28.4 Å². The molecule has 1 aliphatic heterocycles. The molecular formula is C26H22O6. The maximum Gasteiger partial charge on any atom is 0.343 e. The molecule has 1 saturated heterocycles. The van der Waals surface area contributed by atoms with Crippen LogP contribution in [0.4, 0.5) is 0 Å². The highest BCUT2D eigenvalue weighted by Crippen LogP contribution is 2.25. The number of carbonyl (C=O) groups excluding carboxylic acids is 2. The van der Waals surface area contributed by atoms with Crippen molar-refractivity contribution in [1.82, 2.24) is 0 Å². The van der Waals surface area contributed by atoms with Crippen molar-refractivity contribution in [1.29, 1.82) is 0 Å². The van der Waals surface area contributed by atoms with Crippen LogP contribution in [-0.2, 0) is 9.53 Å². The molecule has 162 valence electrons. The van der Waals surface area contributed by atoms with Gasteiger partial charge in [-0.3, -0.25) is 0 Å². The summed E-state index contributed by atoms with van der Waals surface area (Å²) in [6.07, 6.45) is 0.126. The lowest BCUT2D eigenvalue weighted by Crippen LogP contribution is -2.17. The van der Waals surface area contributed by atoms with Gasteiger partial charge >= 0.3 is 11.9 Å². The van der Waals surface area contributed by atoms with Crippen molar-refractivity contribution in [2.24, 2.45) is 0 Å². The smallest absolute Gasteiger partial charge is 0.343 e. The highest BCUT2D eigenvalue weighted by atomic mass is 16.6. The quantitative estimate of drug-likeness (QED) is 0.304. The van der Waals surface area contributed by atoms with E-state index in [-0.39, 0.29) is 18.7 Å². The normalized spacial score (nSPS) is 15.2. The van der Waals surface area contributed by atoms with Crippen molar-refractivity contribution < 1.29 is 28.5 Å². The topological polar surface area (TPSA) is 71.1 Å². The summed E-state index contributed by atoms with van der Waals surface area (Å²) in [5, 5.41) is 0. The fourth-order valence-corrected chi connectivity index (χ4v) is 3.27. The summed E-state index contributed by atoms with van der Waals surface area (Å²) in [4.78, 5) is 23.8. The van der Waals surface area contributed by atoms with Crippen LogP contribution in [0.5, 0.6) is 17.2 Å². The van der Waals surface area contributed by atoms with E-state index in [1.807, 2.05) is 36.4 Å². The standard InChI is InChI=1S/C26H22O6/c1-17-15-24(32-25(17)27)16-30-22-11-7-20(8-12-22)26(28)31-23-13-5-19(6-14-23)18-3-9-21(29-2)10-4-18/h3-14,24H,1,15-16H2,2H3. The van der Waals surface area contributed by atoms with Crippen LogP contribution in [-0.4, -0.2) is 31.8 Å². The molecule has 3 aromatic rings. The Bertz CT molecular complexity index is 1100. The molecule has 1 unspecified atom stereocenters. The van der Waals surface area contributed by atoms with E-state index in [4.69, 9.17) is 18.9 Å². The molecule has 32 heavy (non-hydrogen) atoms.